The van der Waals surface area contributed by atoms with E-state index < -0.39 is 0 Å². The number of hydrogen-bond donors (Lipinski definition) is 0. The van der Waals surface area contributed by atoms with E-state index in [0.29, 0.717) is 0 Å². The molecule has 0 N–H and O–H groups in total. The predicted octanol–water partition coefficient (Wildman–Crippen LogP) is 7.18. The number of carbonyl (C=O) groups excluding carboxylic acids is 1. The molecule has 0 radical (unpaired) electrons. The Morgan fingerprint density at radius 3 is 1.27 bits per heavy atom. The first-order valence-corrected chi connectivity index (χ1v) is 11.1. The fraction of sp³-hybridized carbons (Fsp3) is 0.826. The van der Waals surface area contributed by atoms with Crippen molar-refractivity contribution in [3.05, 3.63) is 34.7 Å². The van der Waals surface area contributed by atoms with Crippen molar-refractivity contribution in [1.29, 1.82) is 0 Å². The van der Waals surface area contributed by atoms with Crippen LogP contribution in [0.4, 0.5) is 4.79 Å². The monoisotopic (exact) mass is 462 g/mol. The molecule has 178 valence electrons. The van der Waals surface area contributed by atoms with Crippen molar-refractivity contribution in [3.8, 4) is 0 Å². The molecule has 30 heavy (non-hydrogen) atoms. The number of allylic oxidation sites excluding steroid dienone is 1. The third-order valence-electron chi connectivity index (χ3n) is 3.11. The summed E-state index contributed by atoms with van der Waals surface area (Å²) in [5, 5.41) is 11.9. The van der Waals surface area contributed by atoms with Crippen LogP contribution >= 0.6 is 0 Å². The van der Waals surface area contributed by atoms with Gasteiger partial charge in [-0.2, -0.15) is 45.3 Å². The predicted molar refractivity (Wildman–Crippen MR) is 131 cm³/mol. The van der Waals surface area contributed by atoms with Crippen molar-refractivity contribution in [3.63, 3.8) is 0 Å². The summed E-state index contributed by atoms with van der Waals surface area (Å²) in [5.74, 6) is 0. The van der Waals surface area contributed by atoms with Gasteiger partial charge in [-0.25, -0.2) is 10.9 Å². The Bertz CT molecular complexity index is 300. The normalized spacial score (nSPS) is 9.37. The minimum Gasteiger partial charge on any atom is -0.663 e. The molecule has 0 aromatic rings. The summed E-state index contributed by atoms with van der Waals surface area (Å²) in [5.41, 5.74) is 0. The Labute approximate surface area is 204 Å². The molecule has 0 unspecified atom stereocenters. The summed E-state index contributed by atoms with van der Waals surface area (Å²) in [6, 6.07) is 0.308. The van der Waals surface area contributed by atoms with Gasteiger partial charge in [-0.1, -0.05) is 48.1 Å². The molecule has 6 nitrogen and oxygen atoms in total. The van der Waals surface area contributed by atoms with E-state index in [2.05, 4.69) is 16.0 Å². The van der Waals surface area contributed by atoms with Gasteiger partial charge in [-0.15, -0.1) is 6.92 Å². The fourth-order valence-electron chi connectivity index (χ4n) is 1.93. The smallest absolute Gasteiger partial charge is 0.663 e. The molecule has 0 bridgehead atoms. The number of rotatable bonds is 10. The minimum atomic E-state index is -0.298. The van der Waals surface area contributed by atoms with Gasteiger partial charge in [0.25, 0.3) is 0 Å². The standard InChI is InChI=1S/C11H20NO2.3C4H10N.Ti/c1-6-7-8-14-11(13)12(9(2)3)10(4)5;3*1-3-5-4-2;/h6-10H,1-5H3;3*3-4H2,1-2H3;/q4*-1;+4/b7-6+;;;;. The van der Waals surface area contributed by atoms with Gasteiger partial charge < -0.3 is 25.6 Å². The molecule has 1 amide bonds. The zero-order chi connectivity index (χ0) is 23.5. The molecule has 0 rings (SSSR count). The Balaban J connectivity index is -0.000000108. The SMILES string of the molecule is C/C=C/[CH-]OC(=O)N(C(C)C)C(C)C.CC[N-]CC.CC[N-]CC.CC[N-]CC.[Ti+4]. The number of ether oxygens (including phenoxy) is 1. The van der Waals surface area contributed by atoms with Crippen LogP contribution in [0.25, 0.3) is 16.0 Å². The van der Waals surface area contributed by atoms with Gasteiger partial charge in [0.2, 0.25) is 0 Å². The Kier molecular flexibility index (Phi) is 47.7. The molecule has 7 heteroatoms. The van der Waals surface area contributed by atoms with Gasteiger partial charge in [0.15, 0.2) is 0 Å². The van der Waals surface area contributed by atoms with E-state index in [0.717, 1.165) is 39.3 Å². The molecule has 0 aromatic carbocycles. The summed E-state index contributed by atoms with van der Waals surface area (Å²) in [6.45, 7) is 29.2. The second-order valence-corrected chi connectivity index (χ2v) is 6.21. The van der Waals surface area contributed by atoms with Crippen molar-refractivity contribution >= 4 is 6.09 Å². The van der Waals surface area contributed by atoms with Crippen molar-refractivity contribution in [2.24, 2.45) is 0 Å². The Hall–Kier alpha value is -0.526. The number of hydrogen-bond acceptors (Lipinski definition) is 2. The molecule has 0 saturated heterocycles. The quantitative estimate of drug-likeness (QED) is 0.255. The molecule has 0 atom stereocenters. The maximum absolute atomic E-state index is 11.5. The van der Waals surface area contributed by atoms with Crippen molar-refractivity contribution in [1.82, 2.24) is 4.90 Å². The molecule has 0 saturated carbocycles. The van der Waals surface area contributed by atoms with E-state index in [1.807, 2.05) is 82.2 Å². The van der Waals surface area contributed by atoms with E-state index in [9.17, 15) is 4.79 Å². The summed E-state index contributed by atoms with van der Waals surface area (Å²) >= 11 is 0. The van der Waals surface area contributed by atoms with Crippen molar-refractivity contribution in [2.45, 2.75) is 88.2 Å². The molecular formula is C23H50N4O2Ti. The van der Waals surface area contributed by atoms with Crippen LogP contribution in [0.5, 0.6) is 0 Å². The number of nitrogens with zero attached hydrogens (tertiary/aromatic N) is 4. The summed E-state index contributed by atoms with van der Waals surface area (Å²) < 4.78 is 4.94. The van der Waals surface area contributed by atoms with Gasteiger partial charge in [0, 0.05) is 12.1 Å². The molecule has 0 heterocycles. The third kappa shape index (κ3) is 38.1. The minimum absolute atomic E-state index is 0. The molecule has 0 aliphatic carbocycles. The van der Waals surface area contributed by atoms with Crippen LogP contribution in [0.3, 0.4) is 0 Å². The van der Waals surface area contributed by atoms with Crippen LogP contribution in [0.1, 0.15) is 76.2 Å². The van der Waals surface area contributed by atoms with E-state index in [4.69, 9.17) is 4.74 Å². The topological polar surface area (TPSA) is 71.8 Å². The molecule has 0 aromatic heterocycles. The summed E-state index contributed by atoms with van der Waals surface area (Å²) in [4.78, 5) is 13.2. The first-order valence-electron chi connectivity index (χ1n) is 11.1. The van der Waals surface area contributed by atoms with E-state index in [-0.39, 0.29) is 39.9 Å². The van der Waals surface area contributed by atoms with E-state index in [1.165, 1.54) is 6.61 Å². The van der Waals surface area contributed by atoms with Crippen LogP contribution in [0, 0.1) is 6.61 Å². The van der Waals surface area contributed by atoms with Crippen molar-refractivity contribution < 1.29 is 31.2 Å². The van der Waals surface area contributed by atoms with Gasteiger partial charge in [-0.3, -0.25) is 0 Å². The zero-order valence-corrected chi connectivity index (χ0v) is 23.3. The van der Waals surface area contributed by atoms with Crippen LogP contribution in [0.15, 0.2) is 12.2 Å². The maximum atomic E-state index is 11.5. The molecular weight excluding hydrogens is 412 g/mol. The molecule has 0 aliphatic rings. The van der Waals surface area contributed by atoms with E-state index >= 15 is 0 Å². The second-order valence-electron chi connectivity index (χ2n) is 6.21. The third-order valence-corrected chi connectivity index (χ3v) is 3.11. The van der Waals surface area contributed by atoms with Crippen LogP contribution in [0.2, 0.25) is 0 Å². The molecule has 0 aliphatic heterocycles. The Morgan fingerprint density at radius 1 is 0.800 bits per heavy atom. The summed E-state index contributed by atoms with van der Waals surface area (Å²) in [6.07, 6.45) is 3.20. The second kappa shape index (κ2) is 35.9. The van der Waals surface area contributed by atoms with Gasteiger partial charge in [0.1, 0.15) is 0 Å². The summed E-state index contributed by atoms with van der Waals surface area (Å²) in [7, 11) is 0. The molecule has 0 spiro atoms. The first kappa shape index (κ1) is 39.9. The first-order chi connectivity index (χ1) is 13.7. The van der Waals surface area contributed by atoms with Crippen LogP contribution in [-0.2, 0) is 26.5 Å². The van der Waals surface area contributed by atoms with Gasteiger partial charge in [-0.05, 0) is 27.7 Å². The average Bonchev–Trinajstić information content (AvgIpc) is 2.65. The largest absolute Gasteiger partial charge is 4.00 e. The van der Waals surface area contributed by atoms with Crippen LogP contribution in [-0.4, -0.2) is 62.3 Å². The van der Waals surface area contributed by atoms with Crippen molar-refractivity contribution in [2.75, 3.05) is 39.3 Å². The maximum Gasteiger partial charge on any atom is 4.00 e. The fourth-order valence-corrected chi connectivity index (χ4v) is 1.93. The van der Waals surface area contributed by atoms with E-state index in [1.54, 1.807) is 11.0 Å². The molecule has 0 fully saturated rings. The van der Waals surface area contributed by atoms with Gasteiger partial charge >= 0.3 is 27.8 Å². The average molecular weight is 463 g/mol. The number of carbonyl (C=O) groups is 1. The Morgan fingerprint density at radius 2 is 1.10 bits per heavy atom. The van der Waals surface area contributed by atoms with Crippen LogP contribution < -0.4 is 0 Å². The number of amides is 1. The van der Waals surface area contributed by atoms with Gasteiger partial charge in [0.05, 0.1) is 0 Å². The zero-order valence-electron chi connectivity index (χ0n) is 21.7.